The van der Waals surface area contributed by atoms with Crippen molar-refractivity contribution in [3.63, 3.8) is 0 Å². The lowest BCUT2D eigenvalue weighted by atomic mass is 9.97. The Morgan fingerprint density at radius 3 is 2.94 bits per heavy atom. The summed E-state index contributed by atoms with van der Waals surface area (Å²) >= 11 is 7.96. The van der Waals surface area contributed by atoms with Crippen molar-refractivity contribution in [1.82, 2.24) is 20.4 Å². The first-order valence-corrected chi connectivity index (χ1v) is 12.9. The van der Waals surface area contributed by atoms with Gasteiger partial charge in [0.2, 0.25) is 17.6 Å². The Morgan fingerprint density at radius 1 is 1.21 bits per heavy atom. The lowest BCUT2D eigenvalue weighted by Crippen LogP contribution is -2.43. The fourth-order valence-corrected chi connectivity index (χ4v) is 5.07. The van der Waals surface area contributed by atoms with Gasteiger partial charge in [-0.2, -0.15) is 16.7 Å². The van der Waals surface area contributed by atoms with Gasteiger partial charge in [-0.15, -0.1) is 0 Å². The Kier molecular flexibility index (Phi) is 8.80. The number of thioether (sulfide) groups is 1. The van der Waals surface area contributed by atoms with E-state index in [-0.39, 0.29) is 11.8 Å². The van der Waals surface area contributed by atoms with Gasteiger partial charge < -0.3 is 9.84 Å². The summed E-state index contributed by atoms with van der Waals surface area (Å²) in [4.78, 5) is 19.4. The van der Waals surface area contributed by atoms with Crippen LogP contribution in [0.3, 0.4) is 0 Å². The van der Waals surface area contributed by atoms with Crippen molar-refractivity contribution in [2.45, 2.75) is 31.6 Å². The van der Waals surface area contributed by atoms with E-state index in [4.69, 9.17) is 16.1 Å². The van der Waals surface area contributed by atoms with E-state index in [1.165, 1.54) is 5.56 Å². The van der Waals surface area contributed by atoms with Crippen LogP contribution in [-0.4, -0.2) is 46.3 Å². The van der Waals surface area contributed by atoms with Crippen LogP contribution in [0.4, 0.5) is 0 Å². The highest BCUT2D eigenvalue weighted by Crippen LogP contribution is 2.22. The van der Waals surface area contributed by atoms with Gasteiger partial charge in [0, 0.05) is 29.4 Å². The molecular formula is C25H29ClN4O2S. The molecule has 33 heavy (non-hydrogen) atoms. The predicted octanol–water partition coefficient (Wildman–Crippen LogP) is 5.04. The molecule has 0 aliphatic carbocycles. The van der Waals surface area contributed by atoms with Crippen molar-refractivity contribution in [3.05, 3.63) is 71.1 Å². The number of rotatable bonds is 10. The van der Waals surface area contributed by atoms with Crippen LogP contribution < -0.4 is 5.32 Å². The molecule has 6 nitrogen and oxygen atoms in total. The van der Waals surface area contributed by atoms with Crippen LogP contribution in [0.2, 0.25) is 5.02 Å². The topological polar surface area (TPSA) is 71.3 Å². The summed E-state index contributed by atoms with van der Waals surface area (Å²) in [6.45, 7) is 2.91. The van der Waals surface area contributed by atoms with E-state index in [1.807, 2.05) is 42.1 Å². The fourth-order valence-electron chi connectivity index (χ4n) is 3.96. The summed E-state index contributed by atoms with van der Waals surface area (Å²) in [5, 5.41) is 7.84. The highest BCUT2D eigenvalue weighted by atomic mass is 35.5. The van der Waals surface area contributed by atoms with Crippen LogP contribution >= 0.6 is 23.4 Å². The lowest BCUT2D eigenvalue weighted by molar-refractivity contribution is -0.126. The number of likely N-dealkylation sites (tertiary alicyclic amines) is 1. The van der Waals surface area contributed by atoms with Gasteiger partial charge in [0.25, 0.3) is 0 Å². The van der Waals surface area contributed by atoms with Crippen molar-refractivity contribution < 1.29 is 9.32 Å². The summed E-state index contributed by atoms with van der Waals surface area (Å²) < 4.78 is 5.44. The smallest absolute Gasteiger partial charge is 0.241 e. The molecule has 1 aliphatic rings. The summed E-state index contributed by atoms with van der Waals surface area (Å²) in [6, 6.07) is 17.9. The van der Waals surface area contributed by atoms with Gasteiger partial charge in [-0.1, -0.05) is 59.2 Å². The molecule has 8 heteroatoms. The molecule has 1 atom stereocenters. The highest BCUT2D eigenvalue weighted by Gasteiger charge is 2.26. The second-order valence-electron chi connectivity index (χ2n) is 8.28. The van der Waals surface area contributed by atoms with Crippen molar-refractivity contribution in [2.75, 3.05) is 25.4 Å². The molecule has 174 valence electrons. The number of benzene rings is 2. The molecule has 1 unspecified atom stereocenters. The SMILES string of the molecule is O=C(NCCCSCc1ccccc1)C1CCCN(Cc2nc(-c3cccc(Cl)c3)no2)C1. The molecule has 2 heterocycles. The first kappa shape index (κ1) is 23.8. The molecule has 1 aliphatic heterocycles. The Hall–Kier alpha value is -2.35. The zero-order valence-electron chi connectivity index (χ0n) is 18.6. The standard InChI is InChI=1S/C25H29ClN4O2S/c26-22-11-4-9-20(15-22)24-28-23(32-29-24)17-30-13-5-10-21(16-30)25(31)27-12-6-14-33-18-19-7-2-1-3-8-19/h1-4,7-9,11,15,21H,5-6,10,12-14,16-18H2,(H,27,31). The Morgan fingerprint density at radius 2 is 2.09 bits per heavy atom. The Balaban J connectivity index is 1.17. The maximum atomic E-state index is 12.7. The van der Waals surface area contributed by atoms with Crippen LogP contribution in [0.5, 0.6) is 0 Å². The number of nitrogens with one attached hydrogen (secondary N) is 1. The molecule has 0 bridgehead atoms. The number of aromatic nitrogens is 2. The quantitative estimate of drug-likeness (QED) is 0.406. The van der Waals surface area contributed by atoms with Crippen molar-refractivity contribution in [2.24, 2.45) is 5.92 Å². The van der Waals surface area contributed by atoms with Gasteiger partial charge in [0.15, 0.2) is 0 Å². The second-order valence-corrected chi connectivity index (χ2v) is 9.82. The Labute approximate surface area is 204 Å². The van der Waals surface area contributed by atoms with Crippen molar-refractivity contribution in [3.8, 4) is 11.4 Å². The molecule has 0 radical (unpaired) electrons. The molecule has 3 aromatic rings. The van der Waals surface area contributed by atoms with Gasteiger partial charge in [-0.05, 0) is 49.3 Å². The van der Waals surface area contributed by atoms with E-state index in [0.717, 1.165) is 49.4 Å². The Bertz CT molecular complexity index is 1030. The third-order valence-electron chi connectivity index (χ3n) is 5.66. The van der Waals surface area contributed by atoms with E-state index in [0.29, 0.717) is 29.8 Å². The van der Waals surface area contributed by atoms with Crippen molar-refractivity contribution in [1.29, 1.82) is 0 Å². The minimum atomic E-state index is 0.00560. The number of halogens is 1. The van der Waals surface area contributed by atoms with E-state index >= 15 is 0 Å². The molecule has 4 rings (SSSR count). The van der Waals surface area contributed by atoms with Crippen LogP contribution in [0.15, 0.2) is 59.1 Å². The van der Waals surface area contributed by atoms with Crippen LogP contribution in [0.1, 0.15) is 30.7 Å². The van der Waals surface area contributed by atoms with E-state index < -0.39 is 0 Å². The van der Waals surface area contributed by atoms with Crippen LogP contribution in [0.25, 0.3) is 11.4 Å². The minimum Gasteiger partial charge on any atom is -0.356 e. The minimum absolute atomic E-state index is 0.00560. The van der Waals surface area contributed by atoms with Crippen molar-refractivity contribution >= 4 is 29.3 Å². The highest BCUT2D eigenvalue weighted by molar-refractivity contribution is 7.98. The number of piperidine rings is 1. The number of hydrogen-bond acceptors (Lipinski definition) is 6. The zero-order valence-corrected chi connectivity index (χ0v) is 20.2. The average molecular weight is 485 g/mol. The normalized spacial score (nSPS) is 16.6. The zero-order chi connectivity index (χ0) is 22.9. The average Bonchev–Trinajstić information content (AvgIpc) is 3.30. The third-order valence-corrected chi connectivity index (χ3v) is 7.01. The summed E-state index contributed by atoms with van der Waals surface area (Å²) in [5.74, 6) is 3.30. The molecule has 0 spiro atoms. The fraction of sp³-hybridized carbons (Fsp3) is 0.400. The predicted molar refractivity (Wildman–Crippen MR) is 133 cm³/mol. The van der Waals surface area contributed by atoms with Gasteiger partial charge in [-0.25, -0.2) is 0 Å². The number of amides is 1. The molecule has 0 saturated carbocycles. The third kappa shape index (κ3) is 7.32. The molecular weight excluding hydrogens is 456 g/mol. The number of carbonyl (C=O) groups excluding carboxylic acids is 1. The first-order valence-electron chi connectivity index (χ1n) is 11.4. The van der Waals surface area contributed by atoms with Crippen LogP contribution in [0, 0.1) is 5.92 Å². The summed E-state index contributed by atoms with van der Waals surface area (Å²) in [5.41, 5.74) is 2.17. The molecule has 1 amide bonds. The number of nitrogens with zero attached hydrogens (tertiary/aromatic N) is 3. The maximum absolute atomic E-state index is 12.7. The maximum Gasteiger partial charge on any atom is 0.241 e. The molecule has 1 aromatic heterocycles. The van der Waals surface area contributed by atoms with Crippen LogP contribution in [-0.2, 0) is 17.1 Å². The first-order chi connectivity index (χ1) is 16.2. The van der Waals surface area contributed by atoms with Gasteiger partial charge >= 0.3 is 0 Å². The van der Waals surface area contributed by atoms with Gasteiger partial charge in [-0.3, -0.25) is 9.69 Å². The van der Waals surface area contributed by atoms with E-state index in [9.17, 15) is 4.79 Å². The largest absolute Gasteiger partial charge is 0.356 e. The molecule has 1 N–H and O–H groups in total. The summed E-state index contributed by atoms with van der Waals surface area (Å²) in [7, 11) is 0. The molecule has 1 fully saturated rings. The van der Waals surface area contributed by atoms with Gasteiger partial charge in [0.1, 0.15) is 0 Å². The molecule has 2 aromatic carbocycles. The van der Waals surface area contributed by atoms with E-state index in [1.54, 1.807) is 0 Å². The summed E-state index contributed by atoms with van der Waals surface area (Å²) in [6.07, 6.45) is 2.89. The van der Waals surface area contributed by atoms with Gasteiger partial charge in [0.05, 0.1) is 12.5 Å². The molecule has 1 saturated heterocycles. The second kappa shape index (κ2) is 12.2. The lowest BCUT2D eigenvalue weighted by Gasteiger charge is -2.30. The number of carbonyl (C=O) groups is 1. The monoisotopic (exact) mass is 484 g/mol. The van der Waals surface area contributed by atoms with E-state index in [2.05, 4.69) is 44.6 Å². The number of hydrogen-bond donors (Lipinski definition) is 1.